The van der Waals surface area contributed by atoms with Crippen LogP contribution >= 0.6 is 0 Å². The Balaban J connectivity index is 2.85. The molecular weight excluding hydrogens is 174 g/mol. The predicted molar refractivity (Wildman–Crippen MR) is 58.8 cm³/mol. The zero-order chi connectivity index (χ0) is 10.6. The molecule has 1 rings (SSSR count). The zero-order valence-electron chi connectivity index (χ0n) is 8.99. The van der Waals surface area contributed by atoms with Crippen molar-refractivity contribution in [2.75, 3.05) is 0 Å². The minimum Gasteiger partial charge on any atom is -0.411 e. The van der Waals surface area contributed by atoms with E-state index in [0.29, 0.717) is 0 Å². The lowest BCUT2D eigenvalue weighted by Crippen LogP contribution is -2.14. The van der Waals surface area contributed by atoms with Crippen molar-refractivity contribution in [2.45, 2.75) is 27.2 Å². The van der Waals surface area contributed by atoms with E-state index < -0.39 is 0 Å². The lowest BCUT2D eigenvalue weighted by atomic mass is 9.87. The van der Waals surface area contributed by atoms with Crippen LogP contribution in [-0.4, -0.2) is 10.9 Å². The molecule has 0 aliphatic heterocycles. The van der Waals surface area contributed by atoms with Crippen LogP contribution in [-0.2, 0) is 0 Å². The van der Waals surface area contributed by atoms with Gasteiger partial charge in [-0.15, -0.1) is 0 Å². The number of oxime groups is 1. The fourth-order valence-electron chi connectivity index (χ4n) is 1.33. The minimum atomic E-state index is 0.136. The van der Waals surface area contributed by atoms with Gasteiger partial charge in [-0.2, -0.15) is 0 Å². The van der Waals surface area contributed by atoms with E-state index in [-0.39, 0.29) is 5.41 Å². The lowest BCUT2D eigenvalue weighted by Gasteiger charge is -2.18. The highest BCUT2D eigenvalue weighted by Crippen LogP contribution is 2.21. The second kappa shape index (κ2) is 4.27. The maximum absolute atomic E-state index is 8.93. The monoisotopic (exact) mass is 191 g/mol. The molecule has 0 heterocycles. The van der Waals surface area contributed by atoms with Gasteiger partial charge < -0.3 is 5.21 Å². The summed E-state index contributed by atoms with van der Waals surface area (Å²) in [6.45, 7) is 6.38. The van der Waals surface area contributed by atoms with Crippen molar-refractivity contribution in [1.29, 1.82) is 0 Å². The Hall–Kier alpha value is -1.31. The normalized spacial score (nSPS) is 12.9. The fourth-order valence-corrected chi connectivity index (χ4v) is 1.33. The topological polar surface area (TPSA) is 32.6 Å². The Morgan fingerprint density at radius 1 is 1.21 bits per heavy atom. The summed E-state index contributed by atoms with van der Waals surface area (Å²) in [5.74, 6) is 0. The van der Waals surface area contributed by atoms with Gasteiger partial charge in [0.25, 0.3) is 0 Å². The van der Waals surface area contributed by atoms with E-state index in [2.05, 4.69) is 25.9 Å². The molecule has 0 aliphatic carbocycles. The molecule has 0 saturated carbocycles. The molecule has 0 atom stereocenters. The van der Waals surface area contributed by atoms with Gasteiger partial charge in [-0.25, -0.2) is 0 Å². The van der Waals surface area contributed by atoms with Gasteiger partial charge in [-0.1, -0.05) is 56.3 Å². The van der Waals surface area contributed by atoms with Crippen LogP contribution in [0.2, 0.25) is 0 Å². The second-order valence-corrected chi connectivity index (χ2v) is 4.65. The van der Waals surface area contributed by atoms with Gasteiger partial charge in [0.1, 0.15) is 0 Å². The Labute approximate surface area is 85.3 Å². The van der Waals surface area contributed by atoms with E-state index in [1.54, 1.807) is 0 Å². The van der Waals surface area contributed by atoms with Crippen LogP contribution in [0.15, 0.2) is 35.5 Å². The van der Waals surface area contributed by atoms with Crippen molar-refractivity contribution in [3.05, 3.63) is 35.9 Å². The van der Waals surface area contributed by atoms with Gasteiger partial charge in [0.2, 0.25) is 0 Å². The van der Waals surface area contributed by atoms with Crippen molar-refractivity contribution in [2.24, 2.45) is 10.6 Å². The molecule has 0 aromatic heterocycles. The Bertz CT molecular complexity index is 309. The van der Waals surface area contributed by atoms with Gasteiger partial charge in [0.05, 0.1) is 5.71 Å². The summed E-state index contributed by atoms with van der Waals surface area (Å²) in [7, 11) is 0. The van der Waals surface area contributed by atoms with Crippen LogP contribution in [0.25, 0.3) is 0 Å². The molecule has 2 heteroatoms. The molecule has 0 fully saturated rings. The Morgan fingerprint density at radius 2 is 1.79 bits per heavy atom. The summed E-state index contributed by atoms with van der Waals surface area (Å²) >= 11 is 0. The molecule has 0 bridgehead atoms. The van der Waals surface area contributed by atoms with Crippen LogP contribution < -0.4 is 0 Å². The number of hydrogen-bond donors (Lipinski definition) is 1. The molecule has 0 spiro atoms. The quantitative estimate of drug-likeness (QED) is 0.434. The number of nitrogens with zero attached hydrogens (tertiary/aromatic N) is 1. The summed E-state index contributed by atoms with van der Waals surface area (Å²) in [6.07, 6.45) is 0.771. The van der Waals surface area contributed by atoms with E-state index in [0.717, 1.165) is 17.7 Å². The van der Waals surface area contributed by atoms with Crippen LogP contribution in [0, 0.1) is 5.41 Å². The summed E-state index contributed by atoms with van der Waals surface area (Å²) < 4.78 is 0. The zero-order valence-corrected chi connectivity index (χ0v) is 8.99. The van der Waals surface area contributed by atoms with Crippen molar-refractivity contribution in [3.63, 3.8) is 0 Å². The molecule has 76 valence electrons. The first kappa shape index (κ1) is 10.8. The second-order valence-electron chi connectivity index (χ2n) is 4.65. The van der Waals surface area contributed by atoms with Gasteiger partial charge >= 0.3 is 0 Å². The summed E-state index contributed by atoms with van der Waals surface area (Å²) in [6, 6.07) is 9.77. The molecule has 0 saturated heterocycles. The third-order valence-corrected chi connectivity index (χ3v) is 1.93. The molecule has 0 unspecified atom stereocenters. The number of benzene rings is 1. The van der Waals surface area contributed by atoms with Crippen LogP contribution in [0.4, 0.5) is 0 Å². The summed E-state index contributed by atoms with van der Waals surface area (Å²) in [5, 5.41) is 12.3. The minimum absolute atomic E-state index is 0.136. The van der Waals surface area contributed by atoms with Gasteiger partial charge in [0, 0.05) is 0 Å². The molecule has 1 aromatic rings. The molecule has 1 N–H and O–H groups in total. The van der Waals surface area contributed by atoms with Crippen molar-refractivity contribution in [1.82, 2.24) is 0 Å². The lowest BCUT2D eigenvalue weighted by molar-refractivity contribution is 0.313. The standard InChI is InChI=1S/C12H17NO/c1-12(2,3)9-11(13-14)10-7-5-4-6-8-10/h4-8,14H,9H2,1-3H3/b13-11-. The van der Waals surface area contributed by atoms with E-state index in [9.17, 15) is 0 Å². The van der Waals surface area contributed by atoms with Crippen LogP contribution in [0.1, 0.15) is 32.8 Å². The Kier molecular flexibility index (Phi) is 3.28. The molecule has 0 aliphatic rings. The first-order valence-electron chi connectivity index (χ1n) is 4.79. The van der Waals surface area contributed by atoms with E-state index in [1.807, 2.05) is 30.3 Å². The summed E-state index contributed by atoms with van der Waals surface area (Å²) in [4.78, 5) is 0. The number of hydrogen-bond acceptors (Lipinski definition) is 2. The van der Waals surface area contributed by atoms with E-state index >= 15 is 0 Å². The number of rotatable bonds is 2. The summed E-state index contributed by atoms with van der Waals surface area (Å²) in [5.41, 5.74) is 1.88. The van der Waals surface area contributed by atoms with E-state index in [4.69, 9.17) is 5.21 Å². The van der Waals surface area contributed by atoms with E-state index in [1.165, 1.54) is 0 Å². The van der Waals surface area contributed by atoms with Gasteiger partial charge in [0.15, 0.2) is 0 Å². The average Bonchev–Trinajstić information content (AvgIpc) is 2.14. The molecular formula is C12H17NO. The smallest absolute Gasteiger partial charge is 0.0873 e. The van der Waals surface area contributed by atoms with Gasteiger partial charge in [-0.05, 0) is 17.4 Å². The maximum Gasteiger partial charge on any atom is 0.0873 e. The molecule has 1 aromatic carbocycles. The molecule has 14 heavy (non-hydrogen) atoms. The molecule has 0 amide bonds. The average molecular weight is 191 g/mol. The molecule has 0 radical (unpaired) electrons. The van der Waals surface area contributed by atoms with Gasteiger partial charge in [-0.3, -0.25) is 0 Å². The third kappa shape index (κ3) is 3.21. The highest BCUT2D eigenvalue weighted by molar-refractivity contribution is 6.00. The van der Waals surface area contributed by atoms with Crippen LogP contribution in [0.5, 0.6) is 0 Å². The first-order valence-corrected chi connectivity index (χ1v) is 4.79. The van der Waals surface area contributed by atoms with Crippen LogP contribution in [0.3, 0.4) is 0 Å². The third-order valence-electron chi connectivity index (χ3n) is 1.93. The highest BCUT2D eigenvalue weighted by atomic mass is 16.4. The first-order chi connectivity index (χ1) is 6.53. The Morgan fingerprint density at radius 3 is 2.21 bits per heavy atom. The molecule has 2 nitrogen and oxygen atoms in total. The van der Waals surface area contributed by atoms with Crippen molar-refractivity contribution in [3.8, 4) is 0 Å². The largest absolute Gasteiger partial charge is 0.411 e. The highest BCUT2D eigenvalue weighted by Gasteiger charge is 2.15. The predicted octanol–water partition coefficient (Wildman–Crippen LogP) is 3.30. The van der Waals surface area contributed by atoms with Crippen molar-refractivity contribution >= 4 is 5.71 Å². The maximum atomic E-state index is 8.93. The SMILES string of the molecule is CC(C)(C)C/C(=N/O)c1ccccc1. The fraction of sp³-hybridized carbons (Fsp3) is 0.417. The van der Waals surface area contributed by atoms with Crippen molar-refractivity contribution < 1.29 is 5.21 Å².